The second-order valence-electron chi connectivity index (χ2n) is 6.49. The van der Waals surface area contributed by atoms with Gasteiger partial charge in [-0.1, -0.05) is 17.3 Å². The van der Waals surface area contributed by atoms with Gasteiger partial charge in [0.05, 0.1) is 5.56 Å². The highest BCUT2D eigenvalue weighted by Crippen LogP contribution is 2.33. The lowest BCUT2D eigenvalue weighted by Crippen LogP contribution is -2.08. The number of hydrogen-bond donors (Lipinski definition) is 0. The Hall–Kier alpha value is -3.95. The zero-order chi connectivity index (χ0) is 22.0. The van der Waals surface area contributed by atoms with Crippen LogP contribution in [0.15, 0.2) is 69.9 Å². The Morgan fingerprint density at radius 2 is 1.90 bits per heavy atom. The number of aromatic nitrogens is 3. The maximum Gasteiger partial charge on any atom is 0.416 e. The highest BCUT2D eigenvalue weighted by Gasteiger charge is 2.31. The van der Waals surface area contributed by atoms with Crippen LogP contribution < -0.4 is 0 Å². The van der Waals surface area contributed by atoms with Crippen LogP contribution in [0.3, 0.4) is 0 Å². The standard InChI is InChI=1S/C21H14F3N3O4/c1-12(19-26-18(27-31-19)14-5-3-9-25-11-14)29-20(28)17-8-7-16(30-17)13-4-2-6-15(10-13)21(22,23)24/h2-12H,1H3. The molecule has 4 rings (SSSR count). The fourth-order valence-corrected chi connectivity index (χ4v) is 2.73. The molecule has 0 bridgehead atoms. The quantitative estimate of drug-likeness (QED) is 0.396. The van der Waals surface area contributed by atoms with Crippen LogP contribution in [-0.4, -0.2) is 21.1 Å². The summed E-state index contributed by atoms with van der Waals surface area (Å²) in [7, 11) is 0. The summed E-state index contributed by atoms with van der Waals surface area (Å²) in [5.74, 6) is -0.548. The van der Waals surface area contributed by atoms with Gasteiger partial charge < -0.3 is 13.7 Å². The van der Waals surface area contributed by atoms with Gasteiger partial charge in [-0.3, -0.25) is 4.98 Å². The van der Waals surface area contributed by atoms with Crippen molar-refractivity contribution >= 4 is 5.97 Å². The largest absolute Gasteiger partial charge is 0.449 e. The van der Waals surface area contributed by atoms with Crippen molar-refractivity contribution in [3.8, 4) is 22.7 Å². The van der Waals surface area contributed by atoms with E-state index in [1.54, 1.807) is 24.5 Å². The maximum atomic E-state index is 12.9. The minimum Gasteiger partial charge on any atom is -0.449 e. The normalized spacial score (nSPS) is 12.5. The lowest BCUT2D eigenvalue weighted by molar-refractivity contribution is -0.137. The van der Waals surface area contributed by atoms with Gasteiger partial charge in [0.2, 0.25) is 11.6 Å². The minimum absolute atomic E-state index is 0.0665. The van der Waals surface area contributed by atoms with E-state index in [1.165, 1.54) is 31.2 Å². The number of furan rings is 1. The molecule has 0 aliphatic rings. The molecule has 0 radical (unpaired) electrons. The Labute approximate surface area is 173 Å². The van der Waals surface area contributed by atoms with Crippen LogP contribution >= 0.6 is 0 Å². The molecular weight excluding hydrogens is 415 g/mol. The second kappa shape index (κ2) is 8.05. The fourth-order valence-electron chi connectivity index (χ4n) is 2.73. The van der Waals surface area contributed by atoms with Crippen LogP contribution in [0.1, 0.15) is 35.0 Å². The average Bonchev–Trinajstić information content (AvgIpc) is 3.44. The van der Waals surface area contributed by atoms with E-state index in [0.29, 0.717) is 5.56 Å². The van der Waals surface area contributed by atoms with Crippen molar-refractivity contribution < 1.29 is 31.6 Å². The van der Waals surface area contributed by atoms with Crippen molar-refractivity contribution in [3.05, 3.63) is 78.1 Å². The third-order valence-corrected chi connectivity index (χ3v) is 4.27. The van der Waals surface area contributed by atoms with Gasteiger partial charge in [-0.2, -0.15) is 18.2 Å². The molecule has 0 aliphatic carbocycles. The van der Waals surface area contributed by atoms with E-state index in [2.05, 4.69) is 15.1 Å². The molecule has 0 saturated carbocycles. The van der Waals surface area contributed by atoms with Gasteiger partial charge in [0.25, 0.3) is 5.89 Å². The topological polar surface area (TPSA) is 91.2 Å². The molecule has 10 heteroatoms. The van der Waals surface area contributed by atoms with Gasteiger partial charge in [0, 0.05) is 23.5 Å². The molecule has 0 N–H and O–H groups in total. The lowest BCUT2D eigenvalue weighted by atomic mass is 10.1. The number of pyridine rings is 1. The predicted molar refractivity (Wildman–Crippen MR) is 101 cm³/mol. The number of halogens is 3. The van der Waals surface area contributed by atoms with Crippen LogP contribution in [0.2, 0.25) is 0 Å². The Balaban J connectivity index is 1.47. The molecule has 158 valence electrons. The van der Waals surface area contributed by atoms with Gasteiger partial charge in [0.1, 0.15) is 5.76 Å². The summed E-state index contributed by atoms with van der Waals surface area (Å²) in [5, 5.41) is 3.83. The lowest BCUT2D eigenvalue weighted by Gasteiger charge is -2.08. The van der Waals surface area contributed by atoms with E-state index < -0.39 is 23.8 Å². The van der Waals surface area contributed by atoms with E-state index in [4.69, 9.17) is 13.7 Å². The average molecular weight is 429 g/mol. The number of hydrogen-bond acceptors (Lipinski definition) is 7. The highest BCUT2D eigenvalue weighted by molar-refractivity contribution is 5.87. The molecule has 1 aromatic carbocycles. The first-order chi connectivity index (χ1) is 14.8. The van der Waals surface area contributed by atoms with E-state index in [0.717, 1.165) is 12.1 Å². The molecule has 0 fully saturated rings. The summed E-state index contributed by atoms with van der Waals surface area (Å²) in [4.78, 5) is 20.5. The number of nitrogens with zero attached hydrogens (tertiary/aromatic N) is 3. The van der Waals surface area contributed by atoms with Crippen molar-refractivity contribution in [2.24, 2.45) is 0 Å². The molecule has 4 aromatic rings. The monoisotopic (exact) mass is 429 g/mol. The number of esters is 1. The molecule has 3 aromatic heterocycles. The van der Waals surface area contributed by atoms with Crippen LogP contribution in [0.4, 0.5) is 13.2 Å². The maximum absolute atomic E-state index is 12.9. The number of alkyl halides is 3. The Bertz CT molecular complexity index is 1200. The molecule has 3 heterocycles. The summed E-state index contributed by atoms with van der Waals surface area (Å²) in [6.07, 6.45) is -2.21. The molecular formula is C21H14F3N3O4. The first-order valence-corrected chi connectivity index (χ1v) is 9.04. The van der Waals surface area contributed by atoms with Crippen LogP contribution in [0.5, 0.6) is 0 Å². The van der Waals surface area contributed by atoms with Crippen molar-refractivity contribution in [2.75, 3.05) is 0 Å². The summed E-state index contributed by atoms with van der Waals surface area (Å²) in [6, 6.07) is 10.8. The van der Waals surface area contributed by atoms with Crippen molar-refractivity contribution in [1.82, 2.24) is 15.1 Å². The summed E-state index contributed by atoms with van der Waals surface area (Å²) >= 11 is 0. The van der Waals surface area contributed by atoms with E-state index >= 15 is 0 Å². The summed E-state index contributed by atoms with van der Waals surface area (Å²) < 4.78 is 54.5. The molecule has 0 spiro atoms. The fraction of sp³-hybridized carbons (Fsp3) is 0.143. The molecule has 0 aliphatic heterocycles. The first kappa shape index (κ1) is 20.3. The highest BCUT2D eigenvalue weighted by atomic mass is 19.4. The third kappa shape index (κ3) is 4.47. The Morgan fingerprint density at radius 1 is 1.10 bits per heavy atom. The molecule has 0 amide bonds. The van der Waals surface area contributed by atoms with Crippen molar-refractivity contribution in [1.29, 1.82) is 0 Å². The van der Waals surface area contributed by atoms with E-state index in [9.17, 15) is 18.0 Å². The zero-order valence-electron chi connectivity index (χ0n) is 16.0. The van der Waals surface area contributed by atoms with Gasteiger partial charge >= 0.3 is 12.1 Å². The van der Waals surface area contributed by atoms with Gasteiger partial charge in [0.15, 0.2) is 6.10 Å². The number of ether oxygens (including phenoxy) is 1. The SMILES string of the molecule is CC(OC(=O)c1ccc(-c2cccc(C(F)(F)F)c2)o1)c1nc(-c2cccnc2)no1. The minimum atomic E-state index is -4.49. The van der Waals surface area contributed by atoms with Crippen LogP contribution in [0.25, 0.3) is 22.7 Å². The number of rotatable bonds is 5. The summed E-state index contributed by atoms with van der Waals surface area (Å²) in [5.41, 5.74) is -0.00677. The number of carbonyl (C=O) groups is 1. The molecule has 0 saturated heterocycles. The third-order valence-electron chi connectivity index (χ3n) is 4.27. The molecule has 1 unspecified atom stereocenters. The molecule has 31 heavy (non-hydrogen) atoms. The van der Waals surface area contributed by atoms with Gasteiger partial charge in [-0.15, -0.1) is 0 Å². The predicted octanol–water partition coefficient (Wildman–Crippen LogP) is 5.33. The smallest absolute Gasteiger partial charge is 0.416 e. The summed E-state index contributed by atoms with van der Waals surface area (Å²) in [6.45, 7) is 1.54. The van der Waals surface area contributed by atoms with E-state index in [-0.39, 0.29) is 28.8 Å². The first-order valence-electron chi connectivity index (χ1n) is 9.04. The number of carbonyl (C=O) groups excluding carboxylic acids is 1. The van der Waals surface area contributed by atoms with E-state index in [1.807, 2.05) is 0 Å². The Kier molecular flexibility index (Phi) is 5.28. The zero-order valence-corrected chi connectivity index (χ0v) is 16.0. The molecule has 7 nitrogen and oxygen atoms in total. The van der Waals surface area contributed by atoms with Gasteiger partial charge in [-0.25, -0.2) is 4.79 Å². The Morgan fingerprint density at radius 3 is 2.65 bits per heavy atom. The molecule has 1 atom stereocenters. The van der Waals surface area contributed by atoms with Crippen molar-refractivity contribution in [3.63, 3.8) is 0 Å². The van der Waals surface area contributed by atoms with Crippen LogP contribution in [0, 0.1) is 0 Å². The number of benzene rings is 1. The van der Waals surface area contributed by atoms with Gasteiger partial charge in [-0.05, 0) is 43.3 Å². The van der Waals surface area contributed by atoms with Crippen LogP contribution in [-0.2, 0) is 10.9 Å². The second-order valence-corrected chi connectivity index (χ2v) is 6.49. The van der Waals surface area contributed by atoms with Crippen molar-refractivity contribution in [2.45, 2.75) is 19.2 Å².